The predicted molar refractivity (Wildman–Crippen MR) is 129 cm³/mol. The van der Waals surface area contributed by atoms with Crippen LogP contribution in [0.4, 0.5) is 5.69 Å². The molecule has 2 aliphatic heterocycles. The summed E-state index contributed by atoms with van der Waals surface area (Å²) in [5, 5.41) is 3.23. The van der Waals surface area contributed by atoms with Gasteiger partial charge in [0.15, 0.2) is 5.75 Å². The van der Waals surface area contributed by atoms with E-state index in [9.17, 15) is 4.79 Å². The van der Waals surface area contributed by atoms with E-state index in [1.807, 2.05) is 12.3 Å². The Morgan fingerprint density at radius 3 is 2.84 bits per heavy atom. The fourth-order valence-corrected chi connectivity index (χ4v) is 4.95. The number of carbonyl (C=O) groups is 1. The number of unbranched alkanes of at least 4 members (excludes halogenated alkanes) is 1. The second kappa shape index (κ2) is 9.96. The van der Waals surface area contributed by atoms with Gasteiger partial charge in [0.2, 0.25) is 0 Å². The maximum atomic E-state index is 13.3. The highest BCUT2D eigenvalue weighted by Gasteiger charge is 2.28. The zero-order chi connectivity index (χ0) is 21.8. The molecule has 2 aromatic carbocycles. The summed E-state index contributed by atoms with van der Waals surface area (Å²) in [6.07, 6.45) is 5.37. The first-order valence-electron chi connectivity index (χ1n) is 11.3. The Morgan fingerprint density at radius 2 is 2.06 bits per heavy atom. The molecule has 6 heteroatoms. The summed E-state index contributed by atoms with van der Waals surface area (Å²) in [7, 11) is 2.05. The number of nitrogens with one attached hydrogen (secondary N) is 1. The van der Waals surface area contributed by atoms with Gasteiger partial charge in [0.25, 0.3) is 5.91 Å². The van der Waals surface area contributed by atoms with Crippen LogP contribution in [0.3, 0.4) is 0 Å². The van der Waals surface area contributed by atoms with Gasteiger partial charge in [-0.1, -0.05) is 37.6 Å². The molecule has 2 heterocycles. The highest BCUT2D eigenvalue weighted by atomic mass is 32.2. The van der Waals surface area contributed by atoms with Crippen LogP contribution in [0, 0.1) is 0 Å². The molecule has 0 saturated carbocycles. The van der Waals surface area contributed by atoms with E-state index in [0.717, 1.165) is 36.6 Å². The van der Waals surface area contributed by atoms with Crippen LogP contribution in [0.15, 0.2) is 41.3 Å². The van der Waals surface area contributed by atoms with Gasteiger partial charge in [-0.25, -0.2) is 0 Å². The van der Waals surface area contributed by atoms with Crippen molar-refractivity contribution in [1.29, 1.82) is 0 Å². The highest BCUT2D eigenvalue weighted by molar-refractivity contribution is 7.98. The number of benzene rings is 2. The van der Waals surface area contributed by atoms with Crippen LogP contribution in [-0.2, 0) is 13.0 Å². The Morgan fingerprint density at radius 1 is 1.26 bits per heavy atom. The molecule has 166 valence electrons. The van der Waals surface area contributed by atoms with E-state index >= 15 is 0 Å². The number of fused-ring (bicyclic) bond motifs is 2. The van der Waals surface area contributed by atoms with Crippen LogP contribution in [0.25, 0.3) is 0 Å². The predicted octanol–water partition coefficient (Wildman–Crippen LogP) is 4.19. The van der Waals surface area contributed by atoms with Crippen molar-refractivity contribution in [2.24, 2.45) is 0 Å². The molecule has 1 amide bonds. The van der Waals surface area contributed by atoms with Crippen molar-refractivity contribution in [2.45, 2.75) is 43.7 Å². The summed E-state index contributed by atoms with van der Waals surface area (Å²) >= 11 is 1.65. The molecule has 0 fully saturated rings. The quantitative estimate of drug-likeness (QED) is 0.656. The highest BCUT2D eigenvalue weighted by Crippen LogP contribution is 2.38. The monoisotopic (exact) mass is 439 g/mol. The minimum Gasteiger partial charge on any atom is -0.489 e. The van der Waals surface area contributed by atoms with Crippen molar-refractivity contribution >= 4 is 23.4 Å². The lowest BCUT2D eigenvalue weighted by Gasteiger charge is -2.37. The molecule has 0 unspecified atom stereocenters. The average molecular weight is 440 g/mol. The third-order valence-electron chi connectivity index (χ3n) is 6.37. The van der Waals surface area contributed by atoms with E-state index in [0.29, 0.717) is 30.5 Å². The van der Waals surface area contributed by atoms with Crippen LogP contribution < -0.4 is 15.0 Å². The number of rotatable bonds is 7. The molecule has 0 bridgehead atoms. The first-order chi connectivity index (χ1) is 15.1. The lowest BCUT2D eigenvalue weighted by molar-refractivity contribution is 0.0920. The van der Waals surface area contributed by atoms with Crippen molar-refractivity contribution in [2.75, 3.05) is 44.4 Å². The lowest BCUT2D eigenvalue weighted by Crippen LogP contribution is -2.47. The molecule has 1 atom stereocenters. The Kier molecular flexibility index (Phi) is 7.08. The maximum absolute atomic E-state index is 13.3. The van der Waals surface area contributed by atoms with Crippen molar-refractivity contribution < 1.29 is 9.53 Å². The SMILES string of the molecule is CCCCN1Cc2ccccc2C[C@H]1CNC(=O)c1cc(SC)cc2c1OCCN2C. The van der Waals surface area contributed by atoms with Crippen LogP contribution in [0.5, 0.6) is 5.75 Å². The summed E-state index contributed by atoms with van der Waals surface area (Å²) in [4.78, 5) is 19.0. The van der Waals surface area contributed by atoms with Gasteiger partial charge in [-0.15, -0.1) is 11.8 Å². The van der Waals surface area contributed by atoms with Gasteiger partial charge >= 0.3 is 0 Å². The third-order valence-corrected chi connectivity index (χ3v) is 7.08. The largest absolute Gasteiger partial charge is 0.489 e. The van der Waals surface area contributed by atoms with Gasteiger partial charge in [0, 0.05) is 31.1 Å². The molecule has 0 aromatic heterocycles. The minimum absolute atomic E-state index is 0.0447. The number of likely N-dealkylation sites (N-methyl/N-ethyl adjacent to an activating group) is 1. The number of hydrogen-bond acceptors (Lipinski definition) is 5. The number of carbonyl (C=O) groups excluding carboxylic acids is 1. The molecule has 2 aliphatic rings. The first-order valence-corrected chi connectivity index (χ1v) is 12.5. The van der Waals surface area contributed by atoms with Gasteiger partial charge < -0.3 is 15.0 Å². The van der Waals surface area contributed by atoms with Crippen LogP contribution in [0.2, 0.25) is 0 Å². The van der Waals surface area contributed by atoms with Crippen molar-refractivity contribution in [3.05, 3.63) is 53.1 Å². The van der Waals surface area contributed by atoms with E-state index < -0.39 is 0 Å². The minimum atomic E-state index is -0.0447. The van der Waals surface area contributed by atoms with Gasteiger partial charge in [-0.05, 0) is 48.9 Å². The van der Waals surface area contributed by atoms with Crippen LogP contribution >= 0.6 is 11.8 Å². The van der Waals surface area contributed by atoms with Gasteiger partial charge in [-0.2, -0.15) is 0 Å². The summed E-state index contributed by atoms with van der Waals surface area (Å²) < 4.78 is 5.94. The number of ether oxygens (including phenoxy) is 1. The summed E-state index contributed by atoms with van der Waals surface area (Å²) in [6.45, 7) is 6.34. The summed E-state index contributed by atoms with van der Waals surface area (Å²) in [5.41, 5.74) is 4.46. The smallest absolute Gasteiger partial charge is 0.255 e. The molecule has 1 N–H and O–H groups in total. The van der Waals surface area contributed by atoms with Crippen molar-refractivity contribution in [1.82, 2.24) is 10.2 Å². The van der Waals surface area contributed by atoms with Gasteiger partial charge in [0.05, 0.1) is 17.8 Å². The maximum Gasteiger partial charge on any atom is 0.255 e. The van der Waals surface area contributed by atoms with E-state index in [1.165, 1.54) is 24.0 Å². The molecule has 31 heavy (non-hydrogen) atoms. The molecule has 0 radical (unpaired) electrons. The Labute approximate surface area is 190 Å². The van der Waals surface area contributed by atoms with Crippen molar-refractivity contribution in [3.63, 3.8) is 0 Å². The average Bonchev–Trinajstić information content (AvgIpc) is 2.80. The fourth-order valence-electron chi connectivity index (χ4n) is 4.49. The third kappa shape index (κ3) is 4.85. The molecular weight excluding hydrogens is 406 g/mol. The molecule has 0 saturated heterocycles. The summed E-state index contributed by atoms with van der Waals surface area (Å²) in [5.74, 6) is 0.664. The van der Waals surface area contributed by atoms with E-state index in [-0.39, 0.29) is 5.91 Å². The summed E-state index contributed by atoms with van der Waals surface area (Å²) in [6, 6.07) is 13.1. The van der Waals surface area contributed by atoms with E-state index in [4.69, 9.17) is 4.74 Å². The lowest BCUT2D eigenvalue weighted by atomic mass is 9.93. The number of thioether (sulfide) groups is 1. The zero-order valence-electron chi connectivity index (χ0n) is 18.8. The Balaban J connectivity index is 1.52. The first kappa shape index (κ1) is 22.0. The van der Waals surface area contributed by atoms with Crippen LogP contribution in [-0.4, -0.2) is 56.4 Å². The zero-order valence-corrected chi connectivity index (χ0v) is 19.6. The van der Waals surface area contributed by atoms with Crippen LogP contribution in [0.1, 0.15) is 41.3 Å². The normalized spacial score (nSPS) is 18.2. The van der Waals surface area contributed by atoms with E-state index in [2.05, 4.69) is 59.4 Å². The molecule has 2 aromatic rings. The number of amides is 1. The Hall–Kier alpha value is -2.18. The molecule has 5 nitrogen and oxygen atoms in total. The number of nitrogens with zero attached hydrogens (tertiary/aromatic N) is 2. The fraction of sp³-hybridized carbons (Fsp3) is 0.480. The second-order valence-corrected chi connectivity index (χ2v) is 9.33. The molecule has 0 spiro atoms. The topological polar surface area (TPSA) is 44.8 Å². The van der Waals surface area contributed by atoms with E-state index in [1.54, 1.807) is 11.8 Å². The number of anilines is 1. The van der Waals surface area contributed by atoms with Crippen molar-refractivity contribution in [3.8, 4) is 5.75 Å². The Bertz CT molecular complexity index is 933. The molecule has 4 rings (SSSR count). The molecule has 0 aliphatic carbocycles. The molecular formula is C25H33N3O2S. The number of hydrogen-bond donors (Lipinski definition) is 1. The second-order valence-electron chi connectivity index (χ2n) is 8.45. The van der Waals surface area contributed by atoms with Gasteiger partial charge in [0.1, 0.15) is 6.61 Å². The standard InChI is InChI=1S/C25H33N3O2S/c1-4-5-10-28-17-19-9-7-6-8-18(19)13-20(28)16-26-25(29)22-14-21(31-3)15-23-24(22)30-12-11-27(23)2/h6-9,14-15,20H,4-5,10-13,16-17H2,1-3H3,(H,26,29)/t20-/m0/s1. The van der Waals surface area contributed by atoms with Gasteiger partial charge in [-0.3, -0.25) is 9.69 Å².